The van der Waals surface area contributed by atoms with E-state index in [2.05, 4.69) is 26.9 Å². The number of β-amino-alcohol motifs (C(OH)–C–C–N with tert-alkyl or cyclic N) is 1. The minimum absolute atomic E-state index is 0.202. The maximum absolute atomic E-state index is 9.39. The van der Waals surface area contributed by atoms with Crippen molar-refractivity contribution in [3.63, 3.8) is 0 Å². The van der Waals surface area contributed by atoms with Gasteiger partial charge in [-0.3, -0.25) is 4.90 Å². The van der Waals surface area contributed by atoms with Gasteiger partial charge in [-0.15, -0.1) is 0 Å². The molecule has 1 rings (SSSR count). The Morgan fingerprint density at radius 3 is 2.92 bits per heavy atom. The van der Waals surface area contributed by atoms with E-state index in [1.165, 1.54) is 0 Å². The summed E-state index contributed by atoms with van der Waals surface area (Å²) >= 11 is 3.23. The van der Waals surface area contributed by atoms with Gasteiger partial charge in [0.2, 0.25) is 0 Å². The molecule has 0 radical (unpaired) electrons. The average molecular weight is 247 g/mol. The molecule has 0 aliphatic carbocycles. The third-order valence-electron chi connectivity index (χ3n) is 2.47. The smallest absolute Gasteiger partial charge is 0.0763 e. The lowest BCUT2D eigenvalue weighted by Gasteiger charge is -2.19. The summed E-state index contributed by atoms with van der Waals surface area (Å²) < 4.78 is 0. The second kappa shape index (κ2) is 4.41. The van der Waals surface area contributed by atoms with Crippen LogP contribution in [0.2, 0.25) is 0 Å². The first-order valence-corrected chi connectivity index (χ1v) is 5.59. The molecule has 0 aromatic rings. The van der Waals surface area contributed by atoms with E-state index in [4.69, 9.17) is 5.26 Å². The summed E-state index contributed by atoms with van der Waals surface area (Å²) in [5, 5.41) is 18.9. The third kappa shape index (κ3) is 2.94. The van der Waals surface area contributed by atoms with E-state index < -0.39 is 0 Å². The van der Waals surface area contributed by atoms with Crippen LogP contribution in [0.15, 0.2) is 0 Å². The summed E-state index contributed by atoms with van der Waals surface area (Å²) in [6, 6.07) is 2.33. The van der Waals surface area contributed by atoms with Crippen molar-refractivity contribution in [1.82, 2.24) is 4.90 Å². The van der Waals surface area contributed by atoms with Crippen molar-refractivity contribution in [3.05, 3.63) is 0 Å². The lowest BCUT2D eigenvalue weighted by Crippen LogP contribution is -2.32. The average Bonchev–Trinajstić information content (AvgIpc) is 2.48. The molecule has 1 aliphatic heterocycles. The van der Waals surface area contributed by atoms with Crippen LogP contribution in [0.5, 0.6) is 0 Å². The minimum atomic E-state index is -0.318. The highest BCUT2D eigenvalue weighted by molar-refractivity contribution is 9.09. The normalized spacial score (nSPS) is 31.5. The highest BCUT2D eigenvalue weighted by Crippen LogP contribution is 2.28. The van der Waals surface area contributed by atoms with Crippen LogP contribution in [0.3, 0.4) is 0 Å². The topological polar surface area (TPSA) is 47.3 Å². The molecule has 0 aromatic heterocycles. The standard InChI is InChI=1S/C9H15BrN2O/c1-9(6-11)2-3-12(7-9)5-8(13)4-10/h8,13H,2-5,7H2,1H3. The largest absolute Gasteiger partial charge is 0.391 e. The number of nitrogens with zero attached hydrogens (tertiary/aromatic N) is 2. The second-order valence-corrected chi connectivity index (χ2v) is 4.61. The van der Waals surface area contributed by atoms with E-state index in [0.29, 0.717) is 11.9 Å². The molecule has 2 unspecified atom stereocenters. The number of halogens is 1. The van der Waals surface area contributed by atoms with Crippen molar-refractivity contribution in [2.75, 3.05) is 25.0 Å². The first-order valence-electron chi connectivity index (χ1n) is 4.47. The Labute approximate surface area is 87.5 Å². The molecule has 4 heteroatoms. The van der Waals surface area contributed by atoms with E-state index in [-0.39, 0.29) is 11.5 Å². The zero-order chi connectivity index (χ0) is 9.90. The Morgan fingerprint density at radius 2 is 2.46 bits per heavy atom. The summed E-state index contributed by atoms with van der Waals surface area (Å²) in [5.74, 6) is 0. The van der Waals surface area contributed by atoms with Gasteiger partial charge in [0.05, 0.1) is 17.6 Å². The number of alkyl halides is 1. The number of hydrogen-bond acceptors (Lipinski definition) is 3. The molecule has 13 heavy (non-hydrogen) atoms. The van der Waals surface area contributed by atoms with Gasteiger partial charge in [-0.05, 0) is 19.9 Å². The molecular weight excluding hydrogens is 232 g/mol. The lowest BCUT2D eigenvalue weighted by atomic mass is 9.92. The van der Waals surface area contributed by atoms with Gasteiger partial charge in [-0.25, -0.2) is 0 Å². The predicted molar refractivity (Wildman–Crippen MR) is 54.6 cm³/mol. The lowest BCUT2D eigenvalue weighted by molar-refractivity contribution is 0.141. The fourth-order valence-electron chi connectivity index (χ4n) is 1.65. The van der Waals surface area contributed by atoms with Crippen molar-refractivity contribution in [3.8, 4) is 6.07 Å². The second-order valence-electron chi connectivity index (χ2n) is 3.97. The molecule has 0 bridgehead atoms. The van der Waals surface area contributed by atoms with Crippen molar-refractivity contribution < 1.29 is 5.11 Å². The maximum atomic E-state index is 9.39. The molecule has 3 nitrogen and oxygen atoms in total. The number of likely N-dealkylation sites (tertiary alicyclic amines) is 1. The zero-order valence-corrected chi connectivity index (χ0v) is 9.42. The van der Waals surface area contributed by atoms with Gasteiger partial charge in [0.1, 0.15) is 0 Å². The number of aliphatic hydroxyl groups is 1. The minimum Gasteiger partial charge on any atom is -0.391 e. The molecule has 74 valence electrons. The van der Waals surface area contributed by atoms with Gasteiger partial charge in [-0.1, -0.05) is 15.9 Å². The SMILES string of the molecule is CC1(C#N)CCN(CC(O)CBr)C1. The van der Waals surface area contributed by atoms with Gasteiger partial charge >= 0.3 is 0 Å². The molecule has 0 amide bonds. The summed E-state index contributed by atoms with van der Waals surface area (Å²) in [6.07, 6.45) is 0.597. The Kier molecular flexibility index (Phi) is 3.72. The van der Waals surface area contributed by atoms with E-state index in [1.54, 1.807) is 0 Å². The van der Waals surface area contributed by atoms with Crippen LogP contribution in [0.25, 0.3) is 0 Å². The number of rotatable bonds is 3. The Bertz CT molecular complexity index is 216. The maximum Gasteiger partial charge on any atom is 0.0763 e. The Hall–Kier alpha value is -0.110. The van der Waals surface area contributed by atoms with Gasteiger partial charge < -0.3 is 5.11 Å². The molecule has 1 heterocycles. The van der Waals surface area contributed by atoms with Crippen LogP contribution in [-0.2, 0) is 0 Å². The molecular formula is C9H15BrN2O. The monoisotopic (exact) mass is 246 g/mol. The highest BCUT2D eigenvalue weighted by Gasteiger charge is 2.34. The molecule has 1 aliphatic rings. The Balaban J connectivity index is 2.38. The van der Waals surface area contributed by atoms with Crippen molar-refractivity contribution >= 4 is 15.9 Å². The van der Waals surface area contributed by atoms with Crippen molar-refractivity contribution in [1.29, 1.82) is 5.26 Å². The zero-order valence-electron chi connectivity index (χ0n) is 7.83. The van der Waals surface area contributed by atoms with Gasteiger partial charge in [-0.2, -0.15) is 5.26 Å². The highest BCUT2D eigenvalue weighted by atomic mass is 79.9. The molecule has 0 spiro atoms. The molecule has 1 N–H and O–H groups in total. The van der Waals surface area contributed by atoms with Gasteiger partial charge in [0.25, 0.3) is 0 Å². The van der Waals surface area contributed by atoms with Crippen LogP contribution in [0.4, 0.5) is 0 Å². The molecule has 1 saturated heterocycles. The number of hydrogen-bond donors (Lipinski definition) is 1. The summed E-state index contributed by atoms with van der Waals surface area (Å²) in [7, 11) is 0. The van der Waals surface area contributed by atoms with E-state index in [1.807, 2.05) is 6.92 Å². The van der Waals surface area contributed by atoms with Gasteiger partial charge in [0.15, 0.2) is 0 Å². The quantitative estimate of drug-likeness (QED) is 0.756. The van der Waals surface area contributed by atoms with Crippen LogP contribution in [-0.4, -0.2) is 41.1 Å². The summed E-state index contributed by atoms with van der Waals surface area (Å²) in [5.41, 5.74) is -0.202. The summed E-state index contributed by atoms with van der Waals surface area (Å²) in [4.78, 5) is 2.15. The molecule has 1 fully saturated rings. The van der Waals surface area contributed by atoms with Crippen molar-refractivity contribution in [2.24, 2.45) is 5.41 Å². The predicted octanol–water partition coefficient (Wildman–Crippen LogP) is 0.978. The van der Waals surface area contributed by atoms with Crippen LogP contribution in [0, 0.1) is 16.7 Å². The van der Waals surface area contributed by atoms with Gasteiger partial charge in [0, 0.05) is 18.4 Å². The Morgan fingerprint density at radius 1 is 1.77 bits per heavy atom. The fraction of sp³-hybridized carbons (Fsp3) is 0.889. The van der Waals surface area contributed by atoms with E-state index >= 15 is 0 Å². The molecule has 0 aromatic carbocycles. The molecule has 0 saturated carbocycles. The first-order chi connectivity index (χ1) is 6.09. The van der Waals surface area contributed by atoms with Crippen LogP contribution in [0.1, 0.15) is 13.3 Å². The fourth-order valence-corrected chi connectivity index (χ4v) is 1.86. The van der Waals surface area contributed by atoms with Crippen LogP contribution < -0.4 is 0 Å². The summed E-state index contributed by atoms with van der Waals surface area (Å²) in [6.45, 7) is 4.36. The van der Waals surface area contributed by atoms with Crippen molar-refractivity contribution in [2.45, 2.75) is 19.4 Å². The van der Waals surface area contributed by atoms with E-state index in [9.17, 15) is 5.11 Å². The first kappa shape index (κ1) is 11.0. The number of aliphatic hydroxyl groups excluding tert-OH is 1. The molecule has 2 atom stereocenters. The van der Waals surface area contributed by atoms with E-state index in [0.717, 1.165) is 19.5 Å². The van der Waals surface area contributed by atoms with Crippen LogP contribution >= 0.6 is 15.9 Å². The third-order valence-corrected chi connectivity index (χ3v) is 3.22. The number of nitriles is 1.